The first-order chi connectivity index (χ1) is 25.7. The zero-order chi connectivity index (χ0) is 34.4. The SMILES string of the molecule is Cc1cc(-c2nc(-c3cccc4c3-c3ccccc3C43c4ccccc4-c4ccccc43)nc3ccccc23)ccc1-c1ccnc2cccnc12. The minimum atomic E-state index is -0.423. The van der Waals surface area contributed by atoms with Gasteiger partial charge < -0.3 is 0 Å². The van der Waals surface area contributed by atoms with Gasteiger partial charge in [0.15, 0.2) is 5.82 Å². The second-order valence-corrected chi connectivity index (χ2v) is 13.8. The number of aryl methyl sites for hydroxylation is 1. The monoisotopic (exact) mass is 662 g/mol. The molecule has 0 radical (unpaired) electrons. The number of rotatable bonds is 3. The highest BCUT2D eigenvalue weighted by Crippen LogP contribution is 2.63. The van der Waals surface area contributed by atoms with E-state index in [-0.39, 0.29) is 0 Å². The summed E-state index contributed by atoms with van der Waals surface area (Å²) >= 11 is 0. The van der Waals surface area contributed by atoms with Crippen LogP contribution < -0.4 is 0 Å². The molecule has 2 aliphatic rings. The molecule has 0 atom stereocenters. The van der Waals surface area contributed by atoms with Crippen molar-refractivity contribution in [1.29, 1.82) is 0 Å². The highest BCUT2D eigenvalue weighted by molar-refractivity contribution is 6.01. The zero-order valence-corrected chi connectivity index (χ0v) is 28.4. The van der Waals surface area contributed by atoms with Gasteiger partial charge in [-0.3, -0.25) is 9.97 Å². The van der Waals surface area contributed by atoms with Crippen LogP contribution in [0.5, 0.6) is 0 Å². The molecule has 0 fully saturated rings. The second-order valence-electron chi connectivity index (χ2n) is 13.8. The first kappa shape index (κ1) is 29.0. The van der Waals surface area contributed by atoms with Crippen LogP contribution in [0.4, 0.5) is 0 Å². The third-order valence-corrected chi connectivity index (χ3v) is 11.2. The van der Waals surface area contributed by atoms with Gasteiger partial charge in [0.05, 0.1) is 27.7 Å². The molecule has 0 saturated carbocycles. The van der Waals surface area contributed by atoms with Gasteiger partial charge >= 0.3 is 0 Å². The van der Waals surface area contributed by atoms with Crippen molar-refractivity contribution in [3.8, 4) is 56.0 Å². The van der Waals surface area contributed by atoms with Crippen molar-refractivity contribution in [2.24, 2.45) is 0 Å². The van der Waals surface area contributed by atoms with Crippen molar-refractivity contribution in [2.45, 2.75) is 12.3 Å². The maximum atomic E-state index is 5.46. The molecule has 0 saturated heterocycles. The summed E-state index contributed by atoms with van der Waals surface area (Å²) in [5.74, 6) is 0.725. The minimum absolute atomic E-state index is 0.423. The fourth-order valence-electron chi connectivity index (χ4n) is 9.06. The number of aromatic nitrogens is 4. The van der Waals surface area contributed by atoms with Gasteiger partial charge in [-0.25, -0.2) is 9.97 Å². The van der Waals surface area contributed by atoms with Crippen LogP contribution in [0.3, 0.4) is 0 Å². The number of hydrogen-bond donors (Lipinski definition) is 0. The summed E-state index contributed by atoms with van der Waals surface area (Å²) in [7, 11) is 0. The Hall–Kier alpha value is -6.78. The van der Waals surface area contributed by atoms with E-state index < -0.39 is 5.41 Å². The molecule has 52 heavy (non-hydrogen) atoms. The van der Waals surface area contributed by atoms with Crippen LogP contribution in [0.25, 0.3) is 78.0 Å². The average molecular weight is 663 g/mol. The number of benzene rings is 6. The Bertz CT molecular complexity index is 2890. The van der Waals surface area contributed by atoms with Gasteiger partial charge in [-0.15, -0.1) is 0 Å². The molecule has 0 unspecified atom stereocenters. The predicted molar refractivity (Wildman–Crippen MR) is 210 cm³/mol. The summed E-state index contributed by atoms with van der Waals surface area (Å²) in [6.07, 6.45) is 3.69. The molecule has 1 spiro atoms. The Labute approximate surface area is 301 Å². The number of pyridine rings is 2. The lowest BCUT2D eigenvalue weighted by atomic mass is 9.70. The average Bonchev–Trinajstić information content (AvgIpc) is 3.68. The van der Waals surface area contributed by atoms with Crippen LogP contribution in [0.2, 0.25) is 0 Å². The lowest BCUT2D eigenvalue weighted by Gasteiger charge is -2.30. The van der Waals surface area contributed by atoms with E-state index in [0.717, 1.165) is 61.3 Å². The quantitative estimate of drug-likeness (QED) is 0.189. The number of nitrogens with zero attached hydrogens (tertiary/aromatic N) is 4. The predicted octanol–water partition coefficient (Wildman–Crippen LogP) is 11.2. The van der Waals surface area contributed by atoms with Crippen LogP contribution in [-0.4, -0.2) is 19.9 Å². The molecule has 0 N–H and O–H groups in total. The van der Waals surface area contributed by atoms with Crippen LogP contribution in [-0.2, 0) is 5.41 Å². The van der Waals surface area contributed by atoms with Crippen LogP contribution in [0.1, 0.15) is 27.8 Å². The molecule has 0 aliphatic heterocycles. The van der Waals surface area contributed by atoms with Crippen molar-refractivity contribution in [1.82, 2.24) is 19.9 Å². The Kier molecular flexibility index (Phi) is 6.06. The van der Waals surface area contributed by atoms with E-state index in [2.05, 4.69) is 156 Å². The first-order valence-corrected chi connectivity index (χ1v) is 17.7. The maximum Gasteiger partial charge on any atom is 0.161 e. The van der Waals surface area contributed by atoms with Crippen LogP contribution in [0.15, 0.2) is 164 Å². The highest BCUT2D eigenvalue weighted by atomic mass is 14.9. The summed E-state index contributed by atoms with van der Waals surface area (Å²) in [6, 6.07) is 54.4. The van der Waals surface area contributed by atoms with Crippen molar-refractivity contribution in [2.75, 3.05) is 0 Å². The summed E-state index contributed by atoms with van der Waals surface area (Å²) in [5.41, 5.74) is 18.9. The molecule has 11 rings (SSSR count). The molecule has 242 valence electrons. The molecule has 0 bridgehead atoms. The Balaban J connectivity index is 1.14. The van der Waals surface area contributed by atoms with Gasteiger partial charge in [-0.2, -0.15) is 0 Å². The standard InChI is InChI=1S/C48H30N4/c1-29-28-30(23-24-31(29)34-25-27-49-43-22-11-26-50-46(34)43)45-36-15-5-9-21-42(36)51-47(52-45)37-16-10-20-41-44(37)35-14-4-8-19-40(35)48(41)38-17-6-2-12-32(38)33-13-3-7-18-39(33)48/h2-28H,1H3. The number of hydrogen-bond acceptors (Lipinski definition) is 4. The van der Waals surface area contributed by atoms with Gasteiger partial charge in [-0.05, 0) is 92.9 Å². The van der Waals surface area contributed by atoms with Gasteiger partial charge in [0, 0.05) is 34.5 Å². The van der Waals surface area contributed by atoms with Gasteiger partial charge in [0.2, 0.25) is 0 Å². The normalized spacial score (nSPS) is 13.2. The zero-order valence-electron chi connectivity index (χ0n) is 28.4. The second kappa shape index (κ2) is 10.9. The van der Waals surface area contributed by atoms with Crippen molar-refractivity contribution < 1.29 is 0 Å². The lowest BCUT2D eigenvalue weighted by Crippen LogP contribution is -2.25. The number of fused-ring (bicyclic) bond motifs is 12. The minimum Gasteiger partial charge on any atom is -0.255 e. The van der Waals surface area contributed by atoms with E-state index in [4.69, 9.17) is 9.97 Å². The molecule has 3 aromatic heterocycles. The van der Waals surface area contributed by atoms with Crippen molar-refractivity contribution in [3.63, 3.8) is 0 Å². The molecular weight excluding hydrogens is 633 g/mol. The van der Waals surface area contributed by atoms with E-state index in [1.54, 1.807) is 0 Å². The van der Waals surface area contributed by atoms with Gasteiger partial charge in [0.25, 0.3) is 0 Å². The van der Waals surface area contributed by atoms with Gasteiger partial charge in [0.1, 0.15) is 0 Å². The Morgan fingerprint density at radius 3 is 1.88 bits per heavy atom. The summed E-state index contributed by atoms with van der Waals surface area (Å²) in [4.78, 5) is 20.0. The Morgan fingerprint density at radius 2 is 1.10 bits per heavy atom. The highest BCUT2D eigenvalue weighted by Gasteiger charge is 2.52. The summed E-state index contributed by atoms with van der Waals surface area (Å²) in [6.45, 7) is 2.16. The molecule has 3 heterocycles. The van der Waals surface area contributed by atoms with E-state index >= 15 is 0 Å². The Morgan fingerprint density at radius 1 is 0.442 bits per heavy atom. The van der Waals surface area contributed by atoms with E-state index in [0.29, 0.717) is 0 Å². The third-order valence-electron chi connectivity index (χ3n) is 11.2. The van der Waals surface area contributed by atoms with E-state index in [1.807, 2.05) is 24.5 Å². The largest absolute Gasteiger partial charge is 0.255 e. The molecule has 0 amide bonds. The molecule has 9 aromatic rings. The summed E-state index contributed by atoms with van der Waals surface area (Å²) in [5, 5.41) is 1.03. The number of para-hydroxylation sites is 1. The fraction of sp³-hybridized carbons (Fsp3) is 0.0417. The lowest BCUT2D eigenvalue weighted by molar-refractivity contribution is 0.794. The molecule has 6 aromatic carbocycles. The van der Waals surface area contributed by atoms with Crippen molar-refractivity contribution >= 4 is 21.9 Å². The molecule has 4 nitrogen and oxygen atoms in total. The topological polar surface area (TPSA) is 51.6 Å². The smallest absolute Gasteiger partial charge is 0.161 e. The van der Waals surface area contributed by atoms with Crippen LogP contribution >= 0.6 is 0 Å². The molecule has 4 heteroatoms. The molecule has 2 aliphatic carbocycles. The summed E-state index contributed by atoms with van der Waals surface area (Å²) < 4.78 is 0. The van der Waals surface area contributed by atoms with E-state index in [1.165, 1.54) is 44.5 Å². The maximum absolute atomic E-state index is 5.46. The first-order valence-electron chi connectivity index (χ1n) is 17.7. The van der Waals surface area contributed by atoms with Crippen LogP contribution in [0, 0.1) is 6.92 Å². The third kappa shape index (κ3) is 3.86. The van der Waals surface area contributed by atoms with E-state index in [9.17, 15) is 0 Å². The van der Waals surface area contributed by atoms with Crippen molar-refractivity contribution in [3.05, 3.63) is 192 Å². The fourth-order valence-corrected chi connectivity index (χ4v) is 9.06. The molecular formula is C48H30N4. The van der Waals surface area contributed by atoms with Gasteiger partial charge in [-0.1, -0.05) is 121 Å².